The van der Waals surface area contributed by atoms with Gasteiger partial charge in [-0.2, -0.15) is 0 Å². The van der Waals surface area contributed by atoms with E-state index in [-0.39, 0.29) is 11.7 Å². The molecule has 1 aliphatic carbocycles. The van der Waals surface area contributed by atoms with Crippen LogP contribution in [0.1, 0.15) is 26.2 Å². The number of rotatable bonds is 5. The monoisotopic (exact) mass is 351 g/mol. The van der Waals surface area contributed by atoms with Gasteiger partial charge in [0.2, 0.25) is 10.0 Å². The zero-order chi connectivity index (χ0) is 17.3. The molecule has 7 nitrogen and oxygen atoms in total. The Bertz CT molecular complexity index is 804. The molecule has 0 aliphatic heterocycles. The van der Waals surface area contributed by atoms with Crippen LogP contribution in [-0.2, 0) is 10.0 Å². The fraction of sp³-hybridized carbons (Fsp3) is 0.625. The SMILES string of the molecule is CNS(=O)(=O)C[C@@H]1CC[C@@H](N(C)c2ncnc3[nH]ccc23)[C@@H](C)C1. The van der Waals surface area contributed by atoms with Gasteiger partial charge in [0.1, 0.15) is 17.8 Å². The van der Waals surface area contributed by atoms with Crippen LogP contribution in [0.15, 0.2) is 18.6 Å². The third kappa shape index (κ3) is 3.39. The minimum absolute atomic E-state index is 0.222. The zero-order valence-corrected chi connectivity index (χ0v) is 15.2. The molecule has 2 heterocycles. The number of sulfonamides is 1. The van der Waals surface area contributed by atoms with E-state index < -0.39 is 10.0 Å². The molecule has 0 spiro atoms. The molecular formula is C16H25N5O2S. The van der Waals surface area contributed by atoms with E-state index in [0.29, 0.717) is 12.0 Å². The lowest BCUT2D eigenvalue weighted by atomic mass is 9.79. The molecule has 24 heavy (non-hydrogen) atoms. The summed E-state index contributed by atoms with van der Waals surface area (Å²) in [5, 5.41) is 1.02. The fourth-order valence-corrected chi connectivity index (χ4v) is 5.00. The van der Waals surface area contributed by atoms with Crippen LogP contribution in [0.3, 0.4) is 0 Å². The predicted molar refractivity (Wildman–Crippen MR) is 95.4 cm³/mol. The van der Waals surface area contributed by atoms with Gasteiger partial charge in [-0.15, -0.1) is 0 Å². The maximum Gasteiger partial charge on any atom is 0.211 e. The second kappa shape index (κ2) is 6.68. The highest BCUT2D eigenvalue weighted by Crippen LogP contribution is 2.35. The molecule has 0 saturated heterocycles. The van der Waals surface area contributed by atoms with E-state index in [0.717, 1.165) is 36.1 Å². The molecule has 1 saturated carbocycles. The Morgan fingerprint density at radius 2 is 2.17 bits per heavy atom. The number of anilines is 1. The Balaban J connectivity index is 1.73. The lowest BCUT2D eigenvalue weighted by molar-refractivity contribution is 0.258. The van der Waals surface area contributed by atoms with Gasteiger partial charge < -0.3 is 9.88 Å². The van der Waals surface area contributed by atoms with Crippen LogP contribution in [0.5, 0.6) is 0 Å². The summed E-state index contributed by atoms with van der Waals surface area (Å²) in [6, 6.07) is 2.35. The topological polar surface area (TPSA) is 91.0 Å². The molecule has 0 bridgehead atoms. The van der Waals surface area contributed by atoms with E-state index in [4.69, 9.17) is 0 Å². The van der Waals surface area contributed by atoms with E-state index in [9.17, 15) is 8.42 Å². The summed E-state index contributed by atoms with van der Waals surface area (Å²) in [6.45, 7) is 2.20. The third-order valence-electron chi connectivity index (χ3n) is 5.16. The second-order valence-corrected chi connectivity index (χ2v) is 8.73. The van der Waals surface area contributed by atoms with Crippen LogP contribution >= 0.6 is 0 Å². The number of aromatic nitrogens is 3. The first-order valence-electron chi connectivity index (χ1n) is 8.33. The van der Waals surface area contributed by atoms with Crippen LogP contribution in [0.4, 0.5) is 5.82 Å². The van der Waals surface area contributed by atoms with Gasteiger partial charge in [0, 0.05) is 19.3 Å². The highest BCUT2D eigenvalue weighted by Gasteiger charge is 2.33. The molecule has 1 fully saturated rings. The molecule has 0 amide bonds. The average Bonchev–Trinajstić information content (AvgIpc) is 3.02. The minimum Gasteiger partial charge on any atom is -0.356 e. The molecule has 1 aliphatic rings. The van der Waals surface area contributed by atoms with Gasteiger partial charge in [-0.05, 0) is 44.2 Å². The molecule has 3 atom stereocenters. The Morgan fingerprint density at radius 3 is 2.88 bits per heavy atom. The number of hydrogen-bond acceptors (Lipinski definition) is 5. The minimum atomic E-state index is -3.14. The van der Waals surface area contributed by atoms with Gasteiger partial charge >= 0.3 is 0 Å². The summed E-state index contributed by atoms with van der Waals surface area (Å²) in [6.07, 6.45) is 6.26. The van der Waals surface area contributed by atoms with Crippen LogP contribution in [-0.4, -0.2) is 49.3 Å². The van der Waals surface area contributed by atoms with Crippen LogP contribution in [0, 0.1) is 11.8 Å². The molecule has 3 rings (SSSR count). The maximum absolute atomic E-state index is 11.8. The standard InChI is InChI=1S/C16H25N5O2S/c1-11-8-12(9-24(22,23)17-2)4-5-14(11)21(3)16-13-6-7-18-15(13)19-10-20-16/h6-7,10-12,14,17H,4-5,8-9H2,1-3H3,(H,18,19,20)/t11-,12+,14+/m0/s1. The molecule has 0 radical (unpaired) electrons. The molecule has 2 N–H and O–H groups in total. The second-order valence-electron chi connectivity index (χ2n) is 6.76. The average molecular weight is 351 g/mol. The molecule has 2 aromatic heterocycles. The summed E-state index contributed by atoms with van der Waals surface area (Å²) in [7, 11) is 0.410. The van der Waals surface area contributed by atoms with Gasteiger partial charge in [0.25, 0.3) is 0 Å². The van der Waals surface area contributed by atoms with Crippen molar-refractivity contribution in [3.8, 4) is 0 Å². The highest BCUT2D eigenvalue weighted by molar-refractivity contribution is 7.89. The van der Waals surface area contributed by atoms with Crippen molar-refractivity contribution in [2.75, 3.05) is 24.7 Å². The van der Waals surface area contributed by atoms with Crippen molar-refractivity contribution < 1.29 is 8.42 Å². The van der Waals surface area contributed by atoms with Crippen LogP contribution in [0.25, 0.3) is 11.0 Å². The van der Waals surface area contributed by atoms with Crippen molar-refractivity contribution in [3.05, 3.63) is 18.6 Å². The Hall–Kier alpha value is -1.67. The van der Waals surface area contributed by atoms with Gasteiger partial charge in [-0.3, -0.25) is 0 Å². The van der Waals surface area contributed by atoms with E-state index in [2.05, 4.69) is 38.5 Å². The molecular weight excluding hydrogens is 326 g/mol. The largest absolute Gasteiger partial charge is 0.356 e. The lowest BCUT2D eigenvalue weighted by Crippen LogP contribution is -2.43. The van der Waals surface area contributed by atoms with Gasteiger partial charge in [0.15, 0.2) is 0 Å². The van der Waals surface area contributed by atoms with Crippen molar-refractivity contribution in [3.63, 3.8) is 0 Å². The number of nitrogens with one attached hydrogen (secondary N) is 2. The highest BCUT2D eigenvalue weighted by atomic mass is 32.2. The van der Waals surface area contributed by atoms with Crippen molar-refractivity contribution in [1.82, 2.24) is 19.7 Å². The maximum atomic E-state index is 11.8. The number of nitrogens with zero attached hydrogens (tertiary/aromatic N) is 3. The fourth-order valence-electron chi connectivity index (χ4n) is 3.91. The van der Waals surface area contributed by atoms with E-state index in [1.54, 1.807) is 6.33 Å². The van der Waals surface area contributed by atoms with Crippen molar-refractivity contribution in [2.24, 2.45) is 11.8 Å². The smallest absolute Gasteiger partial charge is 0.211 e. The first-order chi connectivity index (χ1) is 11.4. The van der Waals surface area contributed by atoms with E-state index in [1.165, 1.54) is 7.05 Å². The summed E-state index contributed by atoms with van der Waals surface area (Å²) in [5.74, 6) is 1.78. The van der Waals surface area contributed by atoms with E-state index >= 15 is 0 Å². The van der Waals surface area contributed by atoms with Crippen molar-refractivity contribution in [2.45, 2.75) is 32.2 Å². The van der Waals surface area contributed by atoms with Crippen molar-refractivity contribution in [1.29, 1.82) is 0 Å². The lowest BCUT2D eigenvalue weighted by Gasteiger charge is -2.40. The van der Waals surface area contributed by atoms with Crippen molar-refractivity contribution >= 4 is 26.9 Å². The van der Waals surface area contributed by atoms with Gasteiger partial charge in [0.05, 0.1) is 11.1 Å². The zero-order valence-electron chi connectivity index (χ0n) is 14.4. The summed E-state index contributed by atoms with van der Waals surface area (Å²) < 4.78 is 26.0. The summed E-state index contributed by atoms with van der Waals surface area (Å²) >= 11 is 0. The molecule has 8 heteroatoms. The van der Waals surface area contributed by atoms with Gasteiger partial charge in [-0.1, -0.05) is 6.92 Å². The quantitative estimate of drug-likeness (QED) is 0.856. The van der Waals surface area contributed by atoms with Gasteiger partial charge in [-0.25, -0.2) is 23.1 Å². The first-order valence-corrected chi connectivity index (χ1v) is 9.98. The molecule has 0 aromatic carbocycles. The molecule has 0 unspecified atom stereocenters. The summed E-state index contributed by atoms with van der Waals surface area (Å²) in [5.41, 5.74) is 0.841. The summed E-state index contributed by atoms with van der Waals surface area (Å²) in [4.78, 5) is 14.1. The normalized spacial score (nSPS) is 25.0. The Kier molecular flexibility index (Phi) is 4.78. The number of hydrogen-bond donors (Lipinski definition) is 2. The van der Waals surface area contributed by atoms with Crippen LogP contribution < -0.4 is 9.62 Å². The number of aromatic amines is 1. The predicted octanol–water partition coefficient (Wildman–Crippen LogP) is 1.75. The van der Waals surface area contributed by atoms with Crippen LogP contribution in [0.2, 0.25) is 0 Å². The third-order valence-corrected chi connectivity index (χ3v) is 6.70. The first kappa shape index (κ1) is 17.2. The molecule has 132 valence electrons. The Morgan fingerprint density at radius 1 is 1.38 bits per heavy atom. The van der Waals surface area contributed by atoms with E-state index in [1.807, 2.05) is 12.3 Å². The Labute approximate surface area is 142 Å². The number of H-pyrrole nitrogens is 1. The number of fused-ring (bicyclic) bond motifs is 1. The molecule has 2 aromatic rings.